The lowest BCUT2D eigenvalue weighted by Gasteiger charge is -2.24. The van der Waals surface area contributed by atoms with Gasteiger partial charge in [-0.15, -0.1) is 0 Å². The molecule has 0 aliphatic carbocycles. The Labute approximate surface area is 94.0 Å². The highest BCUT2D eigenvalue weighted by molar-refractivity contribution is 5.81. The zero-order valence-corrected chi connectivity index (χ0v) is 9.07. The lowest BCUT2D eigenvalue weighted by atomic mass is 10.1. The zero-order chi connectivity index (χ0) is 10.8. The summed E-state index contributed by atoms with van der Waals surface area (Å²) in [7, 11) is 0. The third-order valence-electron chi connectivity index (χ3n) is 2.97. The first-order chi connectivity index (χ1) is 7.92. The normalized spacial score (nSPS) is 21.1. The van der Waals surface area contributed by atoms with Crippen LogP contribution in [-0.2, 0) is 4.74 Å². The van der Waals surface area contributed by atoms with Gasteiger partial charge in [-0.25, -0.2) is 0 Å². The molecule has 1 fully saturated rings. The highest BCUT2D eigenvalue weighted by Crippen LogP contribution is 2.19. The molecule has 1 saturated heterocycles. The molecule has 1 aromatic carbocycles. The molecule has 2 heterocycles. The molecule has 4 heteroatoms. The molecule has 1 aromatic heterocycles. The van der Waals surface area contributed by atoms with E-state index in [1.807, 2.05) is 6.20 Å². The Morgan fingerprint density at radius 1 is 1.44 bits per heavy atom. The van der Waals surface area contributed by atoms with Gasteiger partial charge in [0.1, 0.15) is 0 Å². The number of rotatable bonds is 2. The number of nitrogens with one attached hydrogen (secondary N) is 2. The summed E-state index contributed by atoms with van der Waals surface area (Å²) in [6, 6.07) is 6.70. The molecule has 2 N–H and O–H groups in total. The van der Waals surface area contributed by atoms with Crippen molar-refractivity contribution in [2.75, 3.05) is 18.5 Å². The summed E-state index contributed by atoms with van der Waals surface area (Å²) >= 11 is 0. The first-order valence-electron chi connectivity index (χ1n) is 5.69. The van der Waals surface area contributed by atoms with E-state index in [-0.39, 0.29) is 0 Å². The summed E-state index contributed by atoms with van der Waals surface area (Å²) in [6.07, 6.45) is 4.16. The SMILES string of the molecule is c1cc2cn[nH]c2cc1NC1CCCOC1. The minimum atomic E-state index is 0.439. The number of hydrogen-bond donors (Lipinski definition) is 2. The van der Waals surface area contributed by atoms with Crippen LogP contribution >= 0.6 is 0 Å². The van der Waals surface area contributed by atoms with E-state index in [1.165, 1.54) is 6.42 Å². The quantitative estimate of drug-likeness (QED) is 0.810. The summed E-state index contributed by atoms with van der Waals surface area (Å²) in [5.41, 5.74) is 2.20. The monoisotopic (exact) mass is 217 g/mol. The molecular weight excluding hydrogens is 202 g/mol. The fourth-order valence-electron chi connectivity index (χ4n) is 2.12. The van der Waals surface area contributed by atoms with Crippen molar-refractivity contribution in [3.05, 3.63) is 24.4 Å². The lowest BCUT2D eigenvalue weighted by molar-refractivity contribution is 0.0876. The summed E-state index contributed by atoms with van der Waals surface area (Å²) in [5.74, 6) is 0. The lowest BCUT2D eigenvalue weighted by Crippen LogP contribution is -2.29. The van der Waals surface area contributed by atoms with Crippen LogP contribution < -0.4 is 5.32 Å². The second-order valence-corrected chi connectivity index (χ2v) is 4.23. The molecule has 4 nitrogen and oxygen atoms in total. The van der Waals surface area contributed by atoms with E-state index < -0.39 is 0 Å². The summed E-state index contributed by atoms with van der Waals surface area (Å²) in [4.78, 5) is 0. The van der Waals surface area contributed by atoms with Crippen molar-refractivity contribution in [3.8, 4) is 0 Å². The third-order valence-corrected chi connectivity index (χ3v) is 2.97. The second kappa shape index (κ2) is 4.14. The Bertz CT molecular complexity index is 474. The van der Waals surface area contributed by atoms with E-state index in [0.717, 1.165) is 36.2 Å². The molecule has 2 aromatic rings. The fraction of sp³-hybridized carbons (Fsp3) is 0.417. The minimum Gasteiger partial charge on any atom is -0.380 e. The van der Waals surface area contributed by atoms with Crippen LogP contribution in [-0.4, -0.2) is 29.5 Å². The van der Waals surface area contributed by atoms with E-state index in [1.54, 1.807) is 0 Å². The van der Waals surface area contributed by atoms with E-state index in [0.29, 0.717) is 6.04 Å². The first kappa shape index (κ1) is 9.66. The van der Waals surface area contributed by atoms with Gasteiger partial charge >= 0.3 is 0 Å². The number of hydrogen-bond acceptors (Lipinski definition) is 3. The molecule has 1 unspecified atom stereocenters. The van der Waals surface area contributed by atoms with E-state index in [9.17, 15) is 0 Å². The zero-order valence-electron chi connectivity index (χ0n) is 9.07. The molecule has 1 atom stereocenters. The molecule has 0 saturated carbocycles. The van der Waals surface area contributed by atoms with Crippen molar-refractivity contribution in [1.29, 1.82) is 0 Å². The Balaban J connectivity index is 1.77. The third kappa shape index (κ3) is 1.88. The van der Waals surface area contributed by atoms with Gasteiger partial charge in [-0.1, -0.05) is 0 Å². The van der Waals surface area contributed by atoms with Crippen molar-refractivity contribution in [1.82, 2.24) is 10.2 Å². The number of fused-ring (bicyclic) bond motifs is 1. The van der Waals surface area contributed by atoms with Crippen molar-refractivity contribution in [2.45, 2.75) is 18.9 Å². The van der Waals surface area contributed by atoms with E-state index >= 15 is 0 Å². The number of aromatic nitrogens is 2. The van der Waals surface area contributed by atoms with Crippen LogP contribution in [0, 0.1) is 0 Å². The molecule has 0 amide bonds. The maximum atomic E-state index is 5.44. The highest BCUT2D eigenvalue weighted by Gasteiger charge is 2.13. The van der Waals surface area contributed by atoms with E-state index in [4.69, 9.17) is 4.74 Å². The maximum absolute atomic E-state index is 5.44. The van der Waals surface area contributed by atoms with Crippen molar-refractivity contribution in [3.63, 3.8) is 0 Å². The number of H-pyrrole nitrogens is 1. The Hall–Kier alpha value is -1.55. The van der Waals surface area contributed by atoms with Crippen LogP contribution in [0.2, 0.25) is 0 Å². The Morgan fingerprint density at radius 2 is 2.44 bits per heavy atom. The minimum absolute atomic E-state index is 0.439. The van der Waals surface area contributed by atoms with Crippen LogP contribution in [0.25, 0.3) is 10.9 Å². The second-order valence-electron chi connectivity index (χ2n) is 4.23. The molecule has 0 bridgehead atoms. The molecule has 84 valence electrons. The van der Waals surface area contributed by atoms with Gasteiger partial charge in [0.05, 0.1) is 18.3 Å². The van der Waals surface area contributed by atoms with Gasteiger partial charge in [-0.05, 0) is 31.0 Å². The first-order valence-corrected chi connectivity index (χ1v) is 5.69. The average molecular weight is 217 g/mol. The molecule has 16 heavy (non-hydrogen) atoms. The predicted molar refractivity (Wildman–Crippen MR) is 63.6 cm³/mol. The Morgan fingerprint density at radius 3 is 3.31 bits per heavy atom. The van der Waals surface area contributed by atoms with E-state index in [2.05, 4.69) is 33.7 Å². The molecule has 1 aliphatic rings. The van der Waals surface area contributed by atoms with Crippen molar-refractivity contribution < 1.29 is 4.74 Å². The molecular formula is C12H15N3O. The number of aromatic amines is 1. The topological polar surface area (TPSA) is 49.9 Å². The number of benzene rings is 1. The molecule has 0 spiro atoms. The smallest absolute Gasteiger partial charge is 0.0670 e. The molecule has 3 rings (SSSR count). The van der Waals surface area contributed by atoms with Crippen LogP contribution in [0.3, 0.4) is 0 Å². The van der Waals surface area contributed by atoms with Crippen LogP contribution in [0.1, 0.15) is 12.8 Å². The number of nitrogens with zero attached hydrogens (tertiary/aromatic N) is 1. The maximum Gasteiger partial charge on any atom is 0.0670 e. The van der Waals surface area contributed by atoms with Crippen LogP contribution in [0.15, 0.2) is 24.4 Å². The largest absolute Gasteiger partial charge is 0.380 e. The van der Waals surface area contributed by atoms with Gasteiger partial charge < -0.3 is 10.1 Å². The molecule has 1 aliphatic heterocycles. The highest BCUT2D eigenvalue weighted by atomic mass is 16.5. The Kier molecular flexibility index (Phi) is 2.50. The summed E-state index contributed by atoms with van der Waals surface area (Å²) < 4.78 is 5.44. The van der Waals surface area contributed by atoms with Gasteiger partial charge in [0, 0.05) is 23.7 Å². The fourth-order valence-corrected chi connectivity index (χ4v) is 2.12. The summed E-state index contributed by atoms with van der Waals surface area (Å²) in [5, 5.41) is 11.6. The van der Waals surface area contributed by atoms with Crippen LogP contribution in [0.4, 0.5) is 5.69 Å². The standard InChI is InChI=1S/C12H15N3O/c1-2-11(8-16-5-1)14-10-4-3-9-7-13-15-12(9)6-10/h3-4,6-7,11,14H,1-2,5,8H2,(H,13,15). The van der Waals surface area contributed by atoms with Crippen LogP contribution in [0.5, 0.6) is 0 Å². The summed E-state index contributed by atoms with van der Waals surface area (Å²) in [6.45, 7) is 1.71. The average Bonchev–Trinajstić information content (AvgIpc) is 2.77. The van der Waals surface area contributed by atoms with Crippen molar-refractivity contribution in [2.24, 2.45) is 0 Å². The van der Waals surface area contributed by atoms with Gasteiger partial charge in [0.25, 0.3) is 0 Å². The van der Waals surface area contributed by atoms with Crippen molar-refractivity contribution >= 4 is 16.6 Å². The molecule has 0 radical (unpaired) electrons. The predicted octanol–water partition coefficient (Wildman–Crippen LogP) is 2.15. The number of ether oxygens (including phenoxy) is 1. The van der Waals surface area contributed by atoms with Gasteiger partial charge in [0.15, 0.2) is 0 Å². The van der Waals surface area contributed by atoms with Gasteiger partial charge in [-0.2, -0.15) is 5.10 Å². The van der Waals surface area contributed by atoms with Gasteiger partial charge in [0.2, 0.25) is 0 Å². The number of anilines is 1. The van der Waals surface area contributed by atoms with Gasteiger partial charge in [-0.3, -0.25) is 5.10 Å².